The maximum Gasteiger partial charge on any atom is 0.230 e. The highest BCUT2D eigenvalue weighted by Gasteiger charge is 2.11. The molecule has 0 unspecified atom stereocenters. The number of benzene rings is 4. The molecule has 1 heterocycles. The number of nitrogens with zero attached hydrogens (tertiary/aromatic N) is 1. The van der Waals surface area contributed by atoms with Crippen LogP contribution in [0.25, 0.3) is 21.0 Å². The lowest BCUT2D eigenvalue weighted by molar-refractivity contribution is -0.115. The fourth-order valence-electron chi connectivity index (χ4n) is 3.43. The van der Waals surface area contributed by atoms with Crippen LogP contribution in [0.2, 0.25) is 0 Å². The number of ether oxygens (including phenoxy) is 1. The monoisotopic (exact) mass is 410 g/mol. The lowest BCUT2D eigenvalue weighted by Gasteiger charge is -2.06. The van der Waals surface area contributed by atoms with Crippen molar-refractivity contribution in [2.24, 2.45) is 0 Å². The Kier molecular flexibility index (Phi) is 4.87. The van der Waals surface area contributed by atoms with E-state index in [0.717, 1.165) is 38.1 Å². The fraction of sp³-hybridized carbons (Fsp3) is 0.0400. The molecule has 0 saturated heterocycles. The van der Waals surface area contributed by atoms with Crippen LogP contribution >= 0.6 is 11.3 Å². The van der Waals surface area contributed by atoms with E-state index in [9.17, 15) is 4.79 Å². The van der Waals surface area contributed by atoms with E-state index in [1.54, 1.807) is 0 Å². The van der Waals surface area contributed by atoms with Gasteiger partial charge >= 0.3 is 0 Å². The molecular formula is C25H18N2O2S. The molecule has 4 aromatic carbocycles. The molecule has 5 heteroatoms. The van der Waals surface area contributed by atoms with Gasteiger partial charge in [0.2, 0.25) is 5.91 Å². The van der Waals surface area contributed by atoms with Gasteiger partial charge in [-0.1, -0.05) is 72.0 Å². The quantitative estimate of drug-likeness (QED) is 0.364. The van der Waals surface area contributed by atoms with Gasteiger partial charge in [0, 0.05) is 6.07 Å². The minimum Gasteiger partial charge on any atom is -0.457 e. The summed E-state index contributed by atoms with van der Waals surface area (Å²) in [7, 11) is 0. The number of para-hydroxylation sites is 1. The first-order chi connectivity index (χ1) is 14.7. The molecule has 0 radical (unpaired) electrons. The first kappa shape index (κ1) is 18.3. The van der Waals surface area contributed by atoms with Crippen molar-refractivity contribution in [2.45, 2.75) is 6.42 Å². The van der Waals surface area contributed by atoms with Crippen LogP contribution in [0.5, 0.6) is 11.5 Å². The highest BCUT2D eigenvalue weighted by molar-refractivity contribution is 7.22. The molecule has 0 atom stereocenters. The Hall–Kier alpha value is -3.70. The third-order valence-electron chi connectivity index (χ3n) is 4.82. The molecule has 0 aliphatic rings. The fourth-order valence-corrected chi connectivity index (χ4v) is 4.34. The van der Waals surface area contributed by atoms with Crippen molar-refractivity contribution >= 4 is 43.4 Å². The Morgan fingerprint density at radius 3 is 2.57 bits per heavy atom. The predicted octanol–water partition coefficient (Wildman–Crippen LogP) is 6.42. The second-order valence-electron chi connectivity index (χ2n) is 6.93. The third kappa shape index (κ3) is 3.88. The minimum atomic E-state index is -0.0776. The summed E-state index contributed by atoms with van der Waals surface area (Å²) in [6.07, 6.45) is 0.305. The molecule has 0 fully saturated rings. The molecule has 1 amide bonds. The van der Waals surface area contributed by atoms with Crippen molar-refractivity contribution in [1.82, 2.24) is 4.98 Å². The summed E-state index contributed by atoms with van der Waals surface area (Å²) in [6.45, 7) is 0. The highest BCUT2D eigenvalue weighted by atomic mass is 32.1. The number of anilines is 1. The Morgan fingerprint density at radius 1 is 0.867 bits per heavy atom. The number of fused-ring (bicyclic) bond motifs is 2. The van der Waals surface area contributed by atoms with Crippen LogP contribution in [0.1, 0.15) is 5.56 Å². The zero-order valence-corrected chi connectivity index (χ0v) is 16.9. The summed E-state index contributed by atoms with van der Waals surface area (Å²) in [6, 6.07) is 29.5. The molecule has 0 saturated carbocycles. The molecule has 5 aromatic rings. The topological polar surface area (TPSA) is 51.2 Å². The standard InChI is InChI=1S/C25H18N2O2S/c28-24(15-18-9-6-8-17-7-4-5-12-21(17)18)27-25-26-22-14-13-20(16-23(22)30-25)29-19-10-2-1-3-11-19/h1-14,16H,15H2,(H,26,27,28). The van der Waals surface area contributed by atoms with Crippen molar-refractivity contribution in [2.75, 3.05) is 5.32 Å². The summed E-state index contributed by atoms with van der Waals surface area (Å²) in [4.78, 5) is 17.2. The van der Waals surface area contributed by atoms with Gasteiger partial charge in [0.05, 0.1) is 16.6 Å². The lowest BCUT2D eigenvalue weighted by atomic mass is 10.0. The van der Waals surface area contributed by atoms with Gasteiger partial charge in [-0.25, -0.2) is 4.98 Å². The average molecular weight is 410 g/mol. The number of amides is 1. The highest BCUT2D eigenvalue weighted by Crippen LogP contribution is 2.31. The number of carbonyl (C=O) groups excluding carboxylic acids is 1. The van der Waals surface area contributed by atoms with E-state index in [0.29, 0.717) is 11.6 Å². The van der Waals surface area contributed by atoms with Crippen LogP contribution in [-0.4, -0.2) is 10.9 Å². The van der Waals surface area contributed by atoms with Gasteiger partial charge in [-0.2, -0.15) is 0 Å². The average Bonchev–Trinajstić information content (AvgIpc) is 3.16. The zero-order chi connectivity index (χ0) is 20.3. The van der Waals surface area contributed by atoms with Gasteiger partial charge in [-0.05, 0) is 40.6 Å². The van der Waals surface area contributed by atoms with Crippen molar-refractivity contribution in [3.8, 4) is 11.5 Å². The van der Waals surface area contributed by atoms with Crippen LogP contribution in [0.3, 0.4) is 0 Å². The van der Waals surface area contributed by atoms with Crippen molar-refractivity contribution in [3.05, 3.63) is 96.6 Å². The Bertz CT molecular complexity index is 1340. The molecule has 146 valence electrons. The second-order valence-corrected chi connectivity index (χ2v) is 7.96. The summed E-state index contributed by atoms with van der Waals surface area (Å²) in [5.74, 6) is 1.45. The number of thiazole rings is 1. The van der Waals surface area contributed by atoms with E-state index >= 15 is 0 Å². The van der Waals surface area contributed by atoms with Crippen LogP contribution in [0.15, 0.2) is 91.0 Å². The van der Waals surface area contributed by atoms with Gasteiger partial charge in [0.1, 0.15) is 11.5 Å². The van der Waals surface area contributed by atoms with Crippen molar-refractivity contribution in [3.63, 3.8) is 0 Å². The van der Waals surface area contributed by atoms with Crippen LogP contribution in [0, 0.1) is 0 Å². The maximum atomic E-state index is 12.6. The van der Waals surface area contributed by atoms with Crippen LogP contribution in [0.4, 0.5) is 5.13 Å². The Balaban J connectivity index is 1.33. The zero-order valence-electron chi connectivity index (χ0n) is 16.0. The summed E-state index contributed by atoms with van der Waals surface area (Å²) >= 11 is 1.44. The molecule has 0 bridgehead atoms. The molecule has 0 aliphatic heterocycles. The SMILES string of the molecule is O=C(Cc1cccc2ccccc12)Nc1nc2ccc(Oc3ccccc3)cc2s1. The predicted molar refractivity (Wildman–Crippen MR) is 122 cm³/mol. The lowest BCUT2D eigenvalue weighted by Crippen LogP contribution is -2.14. The number of aromatic nitrogens is 1. The molecule has 30 heavy (non-hydrogen) atoms. The summed E-state index contributed by atoms with van der Waals surface area (Å²) < 4.78 is 6.85. The molecule has 0 spiro atoms. The van der Waals surface area contributed by atoms with Crippen LogP contribution < -0.4 is 10.1 Å². The maximum absolute atomic E-state index is 12.6. The number of carbonyl (C=O) groups is 1. The van der Waals surface area contributed by atoms with Gasteiger partial charge in [-0.3, -0.25) is 4.79 Å². The molecular weight excluding hydrogens is 392 g/mol. The molecule has 1 aromatic heterocycles. The number of hydrogen-bond donors (Lipinski definition) is 1. The van der Waals surface area contributed by atoms with E-state index in [4.69, 9.17) is 4.74 Å². The molecule has 1 N–H and O–H groups in total. The molecule has 5 rings (SSSR count). The molecule has 0 aliphatic carbocycles. The van der Waals surface area contributed by atoms with E-state index in [1.807, 2.05) is 78.9 Å². The Morgan fingerprint density at radius 2 is 1.67 bits per heavy atom. The third-order valence-corrected chi connectivity index (χ3v) is 5.75. The van der Waals surface area contributed by atoms with Gasteiger partial charge in [0.25, 0.3) is 0 Å². The first-order valence-corrected chi connectivity index (χ1v) is 10.5. The normalized spacial score (nSPS) is 10.9. The van der Waals surface area contributed by atoms with Gasteiger partial charge in [-0.15, -0.1) is 0 Å². The smallest absolute Gasteiger partial charge is 0.230 e. The van der Waals surface area contributed by atoms with E-state index in [-0.39, 0.29) is 5.91 Å². The van der Waals surface area contributed by atoms with Gasteiger partial charge < -0.3 is 10.1 Å². The van der Waals surface area contributed by atoms with Crippen molar-refractivity contribution in [1.29, 1.82) is 0 Å². The van der Waals surface area contributed by atoms with Crippen LogP contribution in [-0.2, 0) is 11.2 Å². The van der Waals surface area contributed by atoms with Gasteiger partial charge in [0.15, 0.2) is 5.13 Å². The first-order valence-electron chi connectivity index (χ1n) is 9.65. The summed E-state index contributed by atoms with van der Waals surface area (Å²) in [5.41, 5.74) is 1.84. The van der Waals surface area contributed by atoms with Crippen molar-refractivity contribution < 1.29 is 9.53 Å². The number of nitrogens with one attached hydrogen (secondary N) is 1. The molecule has 4 nitrogen and oxygen atoms in total. The Labute approximate surface area is 177 Å². The second kappa shape index (κ2) is 7.97. The summed E-state index contributed by atoms with van der Waals surface area (Å²) in [5, 5.41) is 5.76. The number of rotatable bonds is 5. The minimum absolute atomic E-state index is 0.0776. The van der Waals surface area contributed by atoms with E-state index in [2.05, 4.69) is 22.4 Å². The van der Waals surface area contributed by atoms with E-state index < -0.39 is 0 Å². The number of hydrogen-bond acceptors (Lipinski definition) is 4. The largest absolute Gasteiger partial charge is 0.457 e. The van der Waals surface area contributed by atoms with E-state index in [1.165, 1.54) is 11.3 Å².